The predicted molar refractivity (Wildman–Crippen MR) is 68.4 cm³/mol. The lowest BCUT2D eigenvalue weighted by atomic mass is 10.00. The Kier molecular flexibility index (Phi) is 3.16. The molecule has 1 aromatic heterocycles. The maximum Gasteiger partial charge on any atom is 0.418 e. The van der Waals surface area contributed by atoms with Gasteiger partial charge in [-0.3, -0.25) is 4.55 Å². The molecule has 2 aliphatic rings. The van der Waals surface area contributed by atoms with Crippen LogP contribution >= 0.6 is 11.3 Å². The molecule has 1 N–H and O–H groups in total. The first-order chi connectivity index (χ1) is 9.83. The van der Waals surface area contributed by atoms with Crippen molar-refractivity contribution in [2.45, 2.75) is 12.1 Å². The van der Waals surface area contributed by atoms with E-state index in [1.165, 1.54) is 18.4 Å². The zero-order chi connectivity index (χ0) is 15.4. The second-order valence-corrected chi connectivity index (χ2v) is 6.40. The number of amides is 2. The third-order valence-electron chi connectivity index (χ3n) is 3.33. The standard InChI is InChI=1S/C10H10N2O7S2/c1-18-9(13)7-8-5(2-3-20-8)6-4-11(7)10(14)12(6)19-21(15,16)17/h2-3,6-7H,4H2,1H3,(H,15,16,17)/t6-,7-/m0/s1. The number of fused-ring (bicyclic) bond motifs is 4. The molecule has 2 bridgehead atoms. The van der Waals surface area contributed by atoms with Crippen molar-refractivity contribution >= 4 is 33.7 Å². The molecule has 11 heteroatoms. The molecule has 1 aromatic rings. The van der Waals surface area contributed by atoms with Crippen LogP contribution in [-0.4, -0.2) is 48.6 Å². The normalized spacial score (nSPS) is 24.2. The average molecular weight is 334 g/mol. The van der Waals surface area contributed by atoms with Crippen molar-refractivity contribution in [3.8, 4) is 0 Å². The number of hydrogen-bond acceptors (Lipinski definition) is 7. The van der Waals surface area contributed by atoms with Crippen molar-refractivity contribution in [3.63, 3.8) is 0 Å². The molecule has 0 spiro atoms. The molecule has 3 rings (SSSR count). The van der Waals surface area contributed by atoms with Gasteiger partial charge in [0.05, 0.1) is 13.7 Å². The highest BCUT2D eigenvalue weighted by Gasteiger charge is 2.53. The monoisotopic (exact) mass is 334 g/mol. The largest absolute Gasteiger partial charge is 0.467 e. The van der Waals surface area contributed by atoms with Crippen LogP contribution in [0.5, 0.6) is 0 Å². The van der Waals surface area contributed by atoms with Gasteiger partial charge < -0.3 is 9.64 Å². The molecule has 1 fully saturated rings. The van der Waals surface area contributed by atoms with Gasteiger partial charge in [-0.15, -0.1) is 15.6 Å². The second kappa shape index (κ2) is 4.66. The van der Waals surface area contributed by atoms with Gasteiger partial charge in [-0.05, 0) is 17.0 Å². The maximum atomic E-state index is 12.2. The SMILES string of the molecule is COC(=O)[C@@H]1c2sccc2[C@@H]2CN1C(=O)N2OS(=O)(=O)O. The summed E-state index contributed by atoms with van der Waals surface area (Å²) in [4.78, 5) is 25.9. The highest BCUT2D eigenvalue weighted by Crippen LogP contribution is 2.46. The molecular weight excluding hydrogens is 324 g/mol. The van der Waals surface area contributed by atoms with Crippen molar-refractivity contribution < 1.29 is 31.6 Å². The number of methoxy groups -OCH3 is 1. The number of ether oxygens (including phenoxy) is 1. The third kappa shape index (κ3) is 2.18. The number of rotatable bonds is 3. The summed E-state index contributed by atoms with van der Waals surface area (Å²) in [5, 5.41) is 2.28. The Morgan fingerprint density at radius 3 is 2.86 bits per heavy atom. The molecule has 3 heterocycles. The van der Waals surface area contributed by atoms with Crippen molar-refractivity contribution in [2.75, 3.05) is 13.7 Å². The van der Waals surface area contributed by atoms with Crippen molar-refractivity contribution in [3.05, 3.63) is 21.9 Å². The van der Waals surface area contributed by atoms with Gasteiger partial charge in [-0.1, -0.05) is 0 Å². The van der Waals surface area contributed by atoms with Gasteiger partial charge in [0.2, 0.25) is 0 Å². The molecule has 21 heavy (non-hydrogen) atoms. The topological polar surface area (TPSA) is 113 Å². The van der Waals surface area contributed by atoms with Crippen LogP contribution < -0.4 is 0 Å². The number of hydroxylamine groups is 2. The fourth-order valence-electron chi connectivity index (χ4n) is 2.54. The van der Waals surface area contributed by atoms with Crippen LogP contribution in [0.3, 0.4) is 0 Å². The smallest absolute Gasteiger partial charge is 0.418 e. The van der Waals surface area contributed by atoms with E-state index >= 15 is 0 Å². The summed E-state index contributed by atoms with van der Waals surface area (Å²) in [7, 11) is -3.64. The van der Waals surface area contributed by atoms with E-state index < -0.39 is 34.5 Å². The van der Waals surface area contributed by atoms with Crippen LogP contribution in [0.2, 0.25) is 0 Å². The maximum absolute atomic E-state index is 12.2. The Balaban J connectivity index is 2.06. The molecule has 0 radical (unpaired) electrons. The zero-order valence-electron chi connectivity index (χ0n) is 10.6. The fraction of sp³-hybridized carbons (Fsp3) is 0.400. The molecule has 2 atom stereocenters. The molecule has 0 unspecified atom stereocenters. The molecule has 2 aliphatic heterocycles. The van der Waals surface area contributed by atoms with Crippen LogP contribution in [-0.2, 0) is 24.2 Å². The third-order valence-corrected chi connectivity index (χ3v) is 4.67. The summed E-state index contributed by atoms with van der Waals surface area (Å²) in [5.74, 6) is -0.626. The highest BCUT2D eigenvalue weighted by atomic mass is 32.3. The molecule has 0 saturated carbocycles. The van der Waals surface area contributed by atoms with E-state index in [4.69, 9.17) is 9.29 Å². The Hall–Kier alpha value is -1.69. The number of hydrogen-bond donors (Lipinski definition) is 1. The number of carbonyl (C=O) groups is 2. The fourth-order valence-corrected chi connectivity index (χ4v) is 3.96. The molecule has 114 valence electrons. The van der Waals surface area contributed by atoms with Gasteiger partial charge in [0, 0.05) is 4.88 Å². The summed E-state index contributed by atoms with van der Waals surface area (Å²) in [6, 6.07) is -0.793. The molecule has 0 aliphatic carbocycles. The van der Waals surface area contributed by atoms with E-state index in [1.54, 1.807) is 11.4 Å². The minimum Gasteiger partial charge on any atom is -0.467 e. The number of esters is 1. The van der Waals surface area contributed by atoms with Gasteiger partial charge in [0.15, 0.2) is 6.04 Å². The van der Waals surface area contributed by atoms with Gasteiger partial charge in [0.25, 0.3) is 0 Å². The minimum absolute atomic E-state index is 0.0673. The number of nitrogens with zero attached hydrogens (tertiary/aromatic N) is 2. The van der Waals surface area contributed by atoms with Crippen LogP contribution in [0, 0.1) is 0 Å². The predicted octanol–water partition coefficient (Wildman–Crippen LogP) is 0.489. The minimum atomic E-state index is -4.84. The first kappa shape index (κ1) is 14.3. The number of carbonyl (C=O) groups excluding carboxylic acids is 2. The van der Waals surface area contributed by atoms with Crippen LogP contribution in [0.1, 0.15) is 22.5 Å². The van der Waals surface area contributed by atoms with E-state index in [0.29, 0.717) is 15.5 Å². The first-order valence-corrected chi connectivity index (χ1v) is 8.00. The first-order valence-electron chi connectivity index (χ1n) is 5.75. The van der Waals surface area contributed by atoms with E-state index in [-0.39, 0.29) is 6.54 Å². The summed E-state index contributed by atoms with van der Waals surface area (Å²) in [5.41, 5.74) is 0.598. The Morgan fingerprint density at radius 2 is 2.24 bits per heavy atom. The van der Waals surface area contributed by atoms with Gasteiger partial charge >= 0.3 is 22.4 Å². The van der Waals surface area contributed by atoms with Gasteiger partial charge in [-0.2, -0.15) is 13.5 Å². The van der Waals surface area contributed by atoms with Crippen molar-refractivity contribution in [1.82, 2.24) is 9.96 Å². The van der Waals surface area contributed by atoms with Crippen LogP contribution in [0.25, 0.3) is 0 Å². The van der Waals surface area contributed by atoms with Crippen LogP contribution in [0.15, 0.2) is 11.4 Å². The summed E-state index contributed by atoms with van der Waals surface area (Å²) >= 11 is 1.26. The average Bonchev–Trinajstić information content (AvgIpc) is 2.97. The molecular formula is C10H10N2O7S2. The van der Waals surface area contributed by atoms with E-state index in [0.717, 1.165) is 4.90 Å². The molecule has 1 saturated heterocycles. The molecule has 2 amide bonds. The van der Waals surface area contributed by atoms with Gasteiger partial charge in [0.1, 0.15) is 6.04 Å². The van der Waals surface area contributed by atoms with Crippen LogP contribution in [0.4, 0.5) is 4.79 Å². The van der Waals surface area contributed by atoms with E-state index in [1.807, 2.05) is 0 Å². The van der Waals surface area contributed by atoms with Crippen molar-refractivity contribution in [2.24, 2.45) is 0 Å². The number of urea groups is 1. The van der Waals surface area contributed by atoms with E-state index in [2.05, 4.69) is 4.28 Å². The Morgan fingerprint density at radius 1 is 1.52 bits per heavy atom. The van der Waals surface area contributed by atoms with Crippen molar-refractivity contribution in [1.29, 1.82) is 0 Å². The zero-order valence-corrected chi connectivity index (χ0v) is 12.3. The summed E-state index contributed by atoms with van der Waals surface area (Å²) < 4.78 is 39.6. The highest BCUT2D eigenvalue weighted by molar-refractivity contribution is 7.80. The second-order valence-electron chi connectivity index (χ2n) is 4.44. The summed E-state index contributed by atoms with van der Waals surface area (Å²) in [6.07, 6.45) is 0. The Labute approximate surface area is 123 Å². The number of thiophene rings is 1. The lowest BCUT2D eigenvalue weighted by Crippen LogP contribution is -2.38. The lowest BCUT2D eigenvalue weighted by Gasteiger charge is -2.28. The lowest BCUT2D eigenvalue weighted by molar-refractivity contribution is -0.146. The van der Waals surface area contributed by atoms with Gasteiger partial charge in [-0.25, -0.2) is 9.59 Å². The molecule has 9 nitrogen and oxygen atoms in total. The van der Waals surface area contributed by atoms with E-state index in [9.17, 15) is 18.0 Å². The quantitative estimate of drug-likeness (QED) is 0.632. The molecule has 0 aromatic carbocycles. The summed E-state index contributed by atoms with van der Waals surface area (Å²) in [6.45, 7) is 0.0673. The Bertz CT molecular complexity index is 713.